The third-order valence-electron chi connectivity index (χ3n) is 7.00. The number of fused-ring (bicyclic) bond motifs is 1. The lowest BCUT2D eigenvalue weighted by atomic mass is 9.99. The number of para-hydroxylation sites is 1. The second kappa shape index (κ2) is 12.3. The van der Waals surface area contributed by atoms with E-state index >= 15 is 0 Å². The van der Waals surface area contributed by atoms with Gasteiger partial charge in [-0.15, -0.1) is 0 Å². The number of benzene rings is 2. The Morgan fingerprint density at radius 3 is 2.59 bits per heavy atom. The minimum atomic E-state index is -0.512. The lowest BCUT2D eigenvalue weighted by Crippen LogP contribution is -2.49. The molecule has 3 atom stereocenters. The molecule has 39 heavy (non-hydrogen) atoms. The van der Waals surface area contributed by atoms with Gasteiger partial charge in [0.05, 0.1) is 23.9 Å². The number of aryl methyl sites for hydroxylation is 2. The summed E-state index contributed by atoms with van der Waals surface area (Å²) in [6.45, 7) is 8.89. The number of ether oxygens (including phenoxy) is 1. The number of likely N-dealkylation sites (N-methyl/N-ethyl adjacent to an activating group) is 1. The summed E-state index contributed by atoms with van der Waals surface area (Å²) in [5.74, 6) is 0.473. The van der Waals surface area contributed by atoms with Crippen LogP contribution in [0.25, 0.3) is 0 Å². The standard InChI is InChI=1S/C29H37N5O5/c1-18-14-34(19(2)17-35)28(36)23-12-9-13-24(30-29(37)31-26-20(3)32-39-21(26)4)27(23)38-25(18)16-33(5)15-22-10-7-6-8-11-22/h6-13,18-19,25,35H,14-17H2,1-5H3,(H2,30,31,37)/t18-,19+,25-/m0/s1. The van der Waals surface area contributed by atoms with Gasteiger partial charge in [0.1, 0.15) is 17.5 Å². The van der Waals surface area contributed by atoms with E-state index in [1.165, 1.54) is 5.56 Å². The molecule has 3 N–H and O–H groups in total. The molecular formula is C29H37N5O5. The molecule has 0 saturated heterocycles. The molecule has 3 amide bonds. The van der Waals surface area contributed by atoms with Crippen molar-refractivity contribution in [1.82, 2.24) is 15.0 Å². The summed E-state index contributed by atoms with van der Waals surface area (Å²) < 4.78 is 11.7. The van der Waals surface area contributed by atoms with Crippen LogP contribution in [0, 0.1) is 19.8 Å². The number of urea groups is 1. The number of hydrogen-bond donors (Lipinski definition) is 3. The van der Waals surface area contributed by atoms with Crippen LogP contribution < -0.4 is 15.4 Å². The maximum atomic E-state index is 13.7. The molecule has 10 heteroatoms. The van der Waals surface area contributed by atoms with Crippen molar-refractivity contribution in [2.75, 3.05) is 37.4 Å². The van der Waals surface area contributed by atoms with E-state index in [9.17, 15) is 14.7 Å². The molecule has 208 valence electrons. The average molecular weight is 536 g/mol. The third kappa shape index (κ3) is 6.58. The molecule has 10 nitrogen and oxygen atoms in total. The summed E-state index contributed by atoms with van der Waals surface area (Å²) in [6.07, 6.45) is -0.299. The van der Waals surface area contributed by atoms with E-state index in [1.54, 1.807) is 36.9 Å². The van der Waals surface area contributed by atoms with Crippen molar-refractivity contribution in [2.24, 2.45) is 5.92 Å². The number of nitrogens with one attached hydrogen (secondary N) is 2. The van der Waals surface area contributed by atoms with Crippen LogP contribution in [0.1, 0.15) is 41.2 Å². The zero-order valence-corrected chi connectivity index (χ0v) is 23.1. The Bertz CT molecular complexity index is 1270. The summed E-state index contributed by atoms with van der Waals surface area (Å²) >= 11 is 0. The first-order chi connectivity index (χ1) is 18.7. The molecular weight excluding hydrogens is 498 g/mol. The van der Waals surface area contributed by atoms with Crippen LogP contribution >= 0.6 is 0 Å². The molecule has 0 bridgehead atoms. The highest BCUT2D eigenvalue weighted by Gasteiger charge is 2.34. The van der Waals surface area contributed by atoms with Crippen LogP contribution in [-0.2, 0) is 6.54 Å². The molecule has 0 saturated carbocycles. The van der Waals surface area contributed by atoms with Crippen LogP contribution in [0.4, 0.5) is 16.2 Å². The van der Waals surface area contributed by atoms with Crippen LogP contribution in [-0.4, -0.2) is 70.9 Å². The number of nitrogens with zero attached hydrogens (tertiary/aromatic N) is 3. The van der Waals surface area contributed by atoms with Gasteiger partial charge in [-0.3, -0.25) is 9.69 Å². The number of carbonyl (C=O) groups is 2. The minimum absolute atomic E-state index is 0.0569. The third-order valence-corrected chi connectivity index (χ3v) is 7.00. The second-order valence-corrected chi connectivity index (χ2v) is 10.3. The first-order valence-corrected chi connectivity index (χ1v) is 13.1. The molecule has 4 rings (SSSR count). The molecule has 0 aliphatic carbocycles. The van der Waals surface area contributed by atoms with Gasteiger partial charge in [0, 0.05) is 25.6 Å². The largest absolute Gasteiger partial charge is 0.486 e. The zero-order chi connectivity index (χ0) is 28.1. The smallest absolute Gasteiger partial charge is 0.323 e. The average Bonchev–Trinajstić information content (AvgIpc) is 3.23. The van der Waals surface area contributed by atoms with Gasteiger partial charge in [-0.25, -0.2) is 4.79 Å². The van der Waals surface area contributed by atoms with Gasteiger partial charge >= 0.3 is 6.03 Å². The number of carbonyl (C=O) groups excluding carboxylic acids is 2. The Balaban J connectivity index is 1.64. The van der Waals surface area contributed by atoms with Crippen molar-refractivity contribution in [3.8, 4) is 5.75 Å². The Morgan fingerprint density at radius 1 is 1.18 bits per heavy atom. The number of amides is 3. The number of aliphatic hydroxyl groups excluding tert-OH is 1. The number of aliphatic hydroxyl groups is 1. The van der Waals surface area contributed by atoms with E-state index in [0.717, 1.165) is 6.54 Å². The summed E-state index contributed by atoms with van der Waals surface area (Å²) in [4.78, 5) is 30.5. The minimum Gasteiger partial charge on any atom is -0.486 e. The summed E-state index contributed by atoms with van der Waals surface area (Å²) in [5.41, 5.74) is 2.92. The topological polar surface area (TPSA) is 120 Å². The maximum Gasteiger partial charge on any atom is 0.323 e. The first-order valence-electron chi connectivity index (χ1n) is 13.1. The SMILES string of the molecule is Cc1noc(C)c1NC(=O)Nc1cccc2c1O[C@@H](CN(C)Cc1ccccc1)[C@@H](C)CN([C@H](C)CO)C2=O. The highest BCUT2D eigenvalue weighted by atomic mass is 16.5. The predicted molar refractivity (Wildman–Crippen MR) is 149 cm³/mol. The fraction of sp³-hybridized carbons (Fsp3) is 0.414. The van der Waals surface area contributed by atoms with E-state index in [-0.39, 0.29) is 30.6 Å². The van der Waals surface area contributed by atoms with Crippen molar-refractivity contribution < 1.29 is 24.0 Å². The Labute approximate surface area is 228 Å². The van der Waals surface area contributed by atoms with Crippen molar-refractivity contribution in [3.63, 3.8) is 0 Å². The number of hydrogen-bond acceptors (Lipinski definition) is 7. The molecule has 1 aliphatic heterocycles. The molecule has 0 radical (unpaired) electrons. The van der Waals surface area contributed by atoms with Gasteiger partial charge in [-0.1, -0.05) is 48.5 Å². The number of rotatable bonds is 8. The summed E-state index contributed by atoms with van der Waals surface area (Å²) in [5, 5.41) is 19.4. The Morgan fingerprint density at radius 2 is 1.92 bits per heavy atom. The molecule has 0 spiro atoms. The van der Waals surface area contributed by atoms with Gasteiger partial charge in [-0.2, -0.15) is 0 Å². The Kier molecular flexibility index (Phi) is 8.88. The molecule has 3 aromatic rings. The van der Waals surface area contributed by atoms with Crippen molar-refractivity contribution in [2.45, 2.75) is 46.4 Å². The Hall–Kier alpha value is -3.89. The van der Waals surface area contributed by atoms with Crippen LogP contribution in [0.2, 0.25) is 0 Å². The predicted octanol–water partition coefficient (Wildman–Crippen LogP) is 4.29. The van der Waals surface area contributed by atoms with Gasteiger partial charge < -0.3 is 29.9 Å². The molecule has 0 fully saturated rings. The first kappa shape index (κ1) is 28.1. The summed E-state index contributed by atoms with van der Waals surface area (Å²) in [6, 6.07) is 14.4. The van der Waals surface area contributed by atoms with E-state index in [4.69, 9.17) is 9.26 Å². The van der Waals surface area contributed by atoms with Crippen LogP contribution in [0.3, 0.4) is 0 Å². The highest BCUT2D eigenvalue weighted by molar-refractivity contribution is 6.04. The highest BCUT2D eigenvalue weighted by Crippen LogP contribution is 2.35. The monoisotopic (exact) mass is 535 g/mol. The van der Waals surface area contributed by atoms with Crippen molar-refractivity contribution in [3.05, 3.63) is 71.1 Å². The van der Waals surface area contributed by atoms with Crippen LogP contribution in [0.5, 0.6) is 5.75 Å². The van der Waals surface area contributed by atoms with Gasteiger partial charge in [-0.05, 0) is 45.5 Å². The van der Waals surface area contributed by atoms with Gasteiger partial charge in [0.2, 0.25) is 0 Å². The molecule has 2 heterocycles. The maximum absolute atomic E-state index is 13.7. The van der Waals surface area contributed by atoms with E-state index in [0.29, 0.717) is 47.2 Å². The number of anilines is 2. The van der Waals surface area contributed by atoms with Gasteiger partial charge in [0.15, 0.2) is 11.5 Å². The molecule has 1 aliphatic rings. The van der Waals surface area contributed by atoms with Crippen molar-refractivity contribution in [1.29, 1.82) is 0 Å². The van der Waals surface area contributed by atoms with E-state index in [1.807, 2.05) is 39.1 Å². The number of aromatic nitrogens is 1. The van der Waals surface area contributed by atoms with E-state index in [2.05, 4.69) is 32.8 Å². The van der Waals surface area contributed by atoms with Gasteiger partial charge in [0.25, 0.3) is 5.91 Å². The molecule has 0 unspecified atom stereocenters. The fourth-order valence-electron chi connectivity index (χ4n) is 4.76. The van der Waals surface area contributed by atoms with Crippen LogP contribution in [0.15, 0.2) is 53.1 Å². The zero-order valence-electron chi connectivity index (χ0n) is 23.1. The van der Waals surface area contributed by atoms with E-state index < -0.39 is 6.03 Å². The quantitative estimate of drug-likeness (QED) is 0.394. The second-order valence-electron chi connectivity index (χ2n) is 10.3. The molecule has 2 aromatic carbocycles. The fourth-order valence-corrected chi connectivity index (χ4v) is 4.76. The molecule has 1 aromatic heterocycles. The van der Waals surface area contributed by atoms with Crippen molar-refractivity contribution >= 4 is 23.3 Å². The summed E-state index contributed by atoms with van der Waals surface area (Å²) in [7, 11) is 2.03. The lowest BCUT2D eigenvalue weighted by Gasteiger charge is -2.38. The normalized spacial score (nSPS) is 18.1. The lowest BCUT2D eigenvalue weighted by molar-refractivity contribution is 0.0343.